The summed E-state index contributed by atoms with van der Waals surface area (Å²) < 4.78 is 0. The highest BCUT2D eigenvalue weighted by atomic mass is 35.5. The second kappa shape index (κ2) is 12.9. The number of hydrogen-bond donors (Lipinski definition) is 3. The van der Waals surface area contributed by atoms with E-state index in [-0.39, 0.29) is 43.1 Å². The average molecular weight is 486 g/mol. The van der Waals surface area contributed by atoms with E-state index in [9.17, 15) is 4.79 Å². The van der Waals surface area contributed by atoms with Crippen molar-refractivity contribution in [1.82, 2.24) is 10.6 Å². The summed E-state index contributed by atoms with van der Waals surface area (Å²) in [4.78, 5) is 15.1. The third kappa shape index (κ3) is 6.86. The van der Waals surface area contributed by atoms with Crippen molar-refractivity contribution in [2.24, 2.45) is 0 Å². The molecule has 1 fully saturated rings. The normalized spacial score (nSPS) is 15.5. The minimum atomic E-state index is -0.0659. The van der Waals surface area contributed by atoms with E-state index in [0.29, 0.717) is 5.56 Å². The fourth-order valence-electron chi connectivity index (χ4n) is 3.82. The van der Waals surface area contributed by atoms with Gasteiger partial charge in [-0.2, -0.15) is 0 Å². The van der Waals surface area contributed by atoms with Crippen molar-refractivity contribution in [3.05, 3.63) is 65.2 Å². The number of nitrogens with zero attached hydrogens (tertiary/aromatic N) is 1. The molecule has 2 heterocycles. The molecule has 0 aromatic heterocycles. The lowest BCUT2D eigenvalue weighted by Gasteiger charge is -2.30. The number of halogens is 3. The predicted octanol–water partition coefficient (Wildman–Crippen LogP) is 4.30. The van der Waals surface area contributed by atoms with E-state index in [1.165, 1.54) is 16.8 Å². The van der Waals surface area contributed by atoms with Crippen LogP contribution in [0.15, 0.2) is 48.5 Å². The number of benzene rings is 2. The molecule has 2 aromatic carbocycles. The lowest BCUT2D eigenvalue weighted by atomic mass is 9.99. The highest BCUT2D eigenvalue weighted by Gasteiger charge is 2.13. The molecule has 0 bridgehead atoms. The SMILES string of the molecule is Cc1cc(N2CCNCC2)ccc1NC(=O)c1ccc(C2=CCNCC2)cc1.Cl.Cl.Cl. The second-order valence-electron chi connectivity index (χ2n) is 7.45. The van der Waals surface area contributed by atoms with Crippen molar-refractivity contribution in [2.75, 3.05) is 49.5 Å². The summed E-state index contributed by atoms with van der Waals surface area (Å²) in [6, 6.07) is 14.2. The molecule has 0 saturated carbocycles. The van der Waals surface area contributed by atoms with Crippen LogP contribution in [0.3, 0.4) is 0 Å². The van der Waals surface area contributed by atoms with E-state index in [1.807, 2.05) is 37.3 Å². The van der Waals surface area contributed by atoms with Gasteiger partial charge < -0.3 is 20.9 Å². The maximum atomic E-state index is 12.7. The van der Waals surface area contributed by atoms with Crippen LogP contribution in [0.2, 0.25) is 0 Å². The van der Waals surface area contributed by atoms with Crippen LogP contribution in [0.25, 0.3) is 5.57 Å². The van der Waals surface area contributed by atoms with Crippen LogP contribution in [0.1, 0.15) is 27.9 Å². The molecule has 2 aliphatic rings. The van der Waals surface area contributed by atoms with Crippen LogP contribution in [0.4, 0.5) is 11.4 Å². The zero-order chi connectivity index (χ0) is 19.3. The lowest BCUT2D eigenvalue weighted by molar-refractivity contribution is 0.102. The van der Waals surface area contributed by atoms with Gasteiger partial charge in [0.2, 0.25) is 0 Å². The Morgan fingerprint density at radius 1 is 0.935 bits per heavy atom. The second-order valence-corrected chi connectivity index (χ2v) is 7.45. The number of carbonyl (C=O) groups excluding carboxylic acids is 1. The molecule has 8 heteroatoms. The first-order chi connectivity index (χ1) is 13.7. The molecule has 5 nitrogen and oxygen atoms in total. The predicted molar refractivity (Wildman–Crippen MR) is 138 cm³/mol. The van der Waals surface area contributed by atoms with Gasteiger partial charge in [-0.3, -0.25) is 4.79 Å². The Bertz CT molecular complexity index is 881. The molecule has 170 valence electrons. The van der Waals surface area contributed by atoms with E-state index >= 15 is 0 Å². The number of rotatable bonds is 4. The van der Waals surface area contributed by atoms with Gasteiger partial charge in [0, 0.05) is 49.7 Å². The molecule has 31 heavy (non-hydrogen) atoms. The van der Waals surface area contributed by atoms with Gasteiger partial charge in [0.05, 0.1) is 0 Å². The van der Waals surface area contributed by atoms with E-state index in [1.54, 1.807) is 0 Å². The lowest BCUT2D eigenvalue weighted by Crippen LogP contribution is -2.43. The van der Waals surface area contributed by atoms with Gasteiger partial charge in [0.25, 0.3) is 5.91 Å². The van der Waals surface area contributed by atoms with Crippen molar-refractivity contribution < 1.29 is 4.79 Å². The van der Waals surface area contributed by atoms with E-state index in [2.05, 4.69) is 39.1 Å². The number of amides is 1. The number of nitrogens with one attached hydrogen (secondary N) is 3. The van der Waals surface area contributed by atoms with Crippen LogP contribution in [-0.2, 0) is 0 Å². The van der Waals surface area contributed by atoms with E-state index in [0.717, 1.165) is 56.9 Å². The third-order valence-electron chi connectivity index (χ3n) is 5.52. The number of carbonyl (C=O) groups is 1. The molecule has 3 N–H and O–H groups in total. The highest BCUT2D eigenvalue weighted by Crippen LogP contribution is 2.24. The van der Waals surface area contributed by atoms with Crippen LogP contribution in [0, 0.1) is 6.92 Å². The van der Waals surface area contributed by atoms with Crippen molar-refractivity contribution in [1.29, 1.82) is 0 Å². The maximum absolute atomic E-state index is 12.7. The monoisotopic (exact) mass is 484 g/mol. The zero-order valence-electron chi connectivity index (χ0n) is 17.6. The van der Waals surface area contributed by atoms with Crippen LogP contribution >= 0.6 is 37.2 Å². The summed E-state index contributed by atoms with van der Waals surface area (Å²) in [7, 11) is 0. The molecule has 0 radical (unpaired) electrons. The van der Waals surface area contributed by atoms with Crippen molar-refractivity contribution >= 4 is 60.1 Å². The first-order valence-corrected chi connectivity index (χ1v) is 10.1. The largest absolute Gasteiger partial charge is 0.369 e. The number of hydrogen-bond acceptors (Lipinski definition) is 4. The summed E-state index contributed by atoms with van der Waals surface area (Å²) >= 11 is 0. The number of anilines is 2. The maximum Gasteiger partial charge on any atom is 0.255 e. The number of piperazine rings is 1. The topological polar surface area (TPSA) is 56.4 Å². The zero-order valence-corrected chi connectivity index (χ0v) is 20.1. The Morgan fingerprint density at radius 2 is 1.65 bits per heavy atom. The summed E-state index contributed by atoms with van der Waals surface area (Å²) in [6.07, 6.45) is 3.26. The van der Waals surface area contributed by atoms with Gasteiger partial charge in [-0.15, -0.1) is 37.2 Å². The third-order valence-corrected chi connectivity index (χ3v) is 5.52. The standard InChI is InChI=1S/C23H28N4O.3ClH/c1-17-16-21(27-14-12-25-13-15-27)6-7-22(17)26-23(28)20-4-2-18(3-5-20)19-8-10-24-11-9-19;;;/h2-8,16,24-25H,9-15H2,1H3,(H,26,28);3*1H. The van der Waals surface area contributed by atoms with Gasteiger partial charge in [0.1, 0.15) is 0 Å². The summed E-state index contributed by atoms with van der Waals surface area (Å²) in [5, 5.41) is 9.76. The Kier molecular flexibility index (Phi) is 11.4. The summed E-state index contributed by atoms with van der Waals surface area (Å²) in [5.74, 6) is -0.0659. The van der Waals surface area contributed by atoms with Gasteiger partial charge in [-0.05, 0) is 66.9 Å². The molecular formula is C23H31Cl3N4O. The first kappa shape index (κ1) is 27.3. The minimum Gasteiger partial charge on any atom is -0.369 e. The quantitative estimate of drug-likeness (QED) is 0.604. The number of aryl methyl sites for hydroxylation is 1. The fraction of sp³-hybridized carbons (Fsp3) is 0.348. The minimum absolute atomic E-state index is 0. The van der Waals surface area contributed by atoms with Crippen molar-refractivity contribution in [3.63, 3.8) is 0 Å². The van der Waals surface area contributed by atoms with Gasteiger partial charge >= 0.3 is 0 Å². The molecule has 2 aromatic rings. The summed E-state index contributed by atoms with van der Waals surface area (Å²) in [6.45, 7) is 8.04. The average Bonchev–Trinajstić information content (AvgIpc) is 2.76. The van der Waals surface area contributed by atoms with Crippen LogP contribution in [0.5, 0.6) is 0 Å². The van der Waals surface area contributed by atoms with Crippen molar-refractivity contribution in [2.45, 2.75) is 13.3 Å². The molecule has 0 spiro atoms. The van der Waals surface area contributed by atoms with Crippen LogP contribution in [-0.4, -0.2) is 45.2 Å². The molecule has 0 unspecified atom stereocenters. The highest BCUT2D eigenvalue weighted by molar-refractivity contribution is 6.04. The molecule has 0 atom stereocenters. The first-order valence-electron chi connectivity index (χ1n) is 10.1. The molecule has 1 amide bonds. The van der Waals surface area contributed by atoms with Gasteiger partial charge in [-0.1, -0.05) is 18.2 Å². The van der Waals surface area contributed by atoms with E-state index in [4.69, 9.17) is 0 Å². The molecule has 4 rings (SSSR count). The molecular weight excluding hydrogens is 455 g/mol. The van der Waals surface area contributed by atoms with Crippen LogP contribution < -0.4 is 20.9 Å². The molecule has 1 saturated heterocycles. The molecule has 0 aliphatic carbocycles. The summed E-state index contributed by atoms with van der Waals surface area (Å²) in [5.41, 5.74) is 6.41. The fourth-order valence-corrected chi connectivity index (χ4v) is 3.82. The van der Waals surface area contributed by atoms with Gasteiger partial charge in [0.15, 0.2) is 0 Å². The molecule has 2 aliphatic heterocycles. The van der Waals surface area contributed by atoms with Crippen molar-refractivity contribution in [3.8, 4) is 0 Å². The Morgan fingerprint density at radius 3 is 2.26 bits per heavy atom. The van der Waals surface area contributed by atoms with Gasteiger partial charge in [-0.25, -0.2) is 0 Å². The Balaban J connectivity index is 0.00000160. The Hall–Kier alpha value is -1.76. The smallest absolute Gasteiger partial charge is 0.255 e. The van der Waals surface area contributed by atoms with E-state index < -0.39 is 0 Å². The Labute approximate surface area is 203 Å².